The van der Waals surface area contributed by atoms with Crippen molar-refractivity contribution in [2.24, 2.45) is 5.92 Å². The van der Waals surface area contributed by atoms with E-state index in [9.17, 15) is 14.4 Å². The summed E-state index contributed by atoms with van der Waals surface area (Å²) in [5.41, 5.74) is 2.64. The largest absolute Gasteiger partial charge is 0.370 e. The fraction of sp³-hybridized carbons (Fsp3) is 0.308. The lowest BCUT2D eigenvalue weighted by Gasteiger charge is -2.34. The molecule has 0 aliphatic carbocycles. The van der Waals surface area contributed by atoms with Crippen LogP contribution in [0.3, 0.4) is 0 Å². The minimum atomic E-state index is -0.432. The van der Waals surface area contributed by atoms with Crippen LogP contribution >= 0.6 is 11.3 Å². The van der Waals surface area contributed by atoms with Crippen LogP contribution < -0.4 is 10.2 Å². The molecule has 2 atom stereocenters. The van der Waals surface area contributed by atoms with Crippen LogP contribution in [0.1, 0.15) is 57.1 Å². The summed E-state index contributed by atoms with van der Waals surface area (Å²) < 4.78 is 0. The van der Waals surface area contributed by atoms with Crippen molar-refractivity contribution in [3.05, 3.63) is 81.8 Å². The van der Waals surface area contributed by atoms with E-state index >= 15 is 0 Å². The fourth-order valence-corrected chi connectivity index (χ4v) is 5.48. The molecule has 0 bridgehead atoms. The van der Waals surface area contributed by atoms with Crippen molar-refractivity contribution >= 4 is 34.7 Å². The predicted octanol–water partition coefficient (Wildman–Crippen LogP) is 4.03. The Morgan fingerprint density at radius 1 is 1.15 bits per heavy atom. The van der Waals surface area contributed by atoms with Gasteiger partial charge in [-0.2, -0.15) is 0 Å². The second kappa shape index (κ2) is 9.38. The zero-order valence-electron chi connectivity index (χ0n) is 18.9. The maximum absolute atomic E-state index is 13.5. The number of anilines is 1. The van der Waals surface area contributed by atoms with Gasteiger partial charge in [-0.05, 0) is 37.5 Å². The zero-order chi connectivity index (χ0) is 23.7. The first-order chi connectivity index (χ1) is 16.5. The van der Waals surface area contributed by atoms with Crippen molar-refractivity contribution in [2.45, 2.75) is 32.4 Å². The second-order valence-corrected chi connectivity index (χ2v) is 9.64. The molecule has 3 aromatic rings. The van der Waals surface area contributed by atoms with Crippen molar-refractivity contribution < 1.29 is 14.4 Å². The summed E-state index contributed by atoms with van der Waals surface area (Å²) >= 11 is 1.43. The highest BCUT2D eigenvalue weighted by molar-refractivity contribution is 7.09. The molecule has 8 heteroatoms. The number of rotatable bonds is 6. The van der Waals surface area contributed by atoms with Crippen LogP contribution in [-0.2, 0) is 11.3 Å². The average molecular weight is 475 g/mol. The Balaban J connectivity index is 1.34. The summed E-state index contributed by atoms with van der Waals surface area (Å²) in [4.78, 5) is 47.2. The molecule has 1 aromatic heterocycles. The Kier molecular flexibility index (Phi) is 6.15. The number of amides is 3. The molecule has 3 heterocycles. The lowest BCUT2D eigenvalue weighted by atomic mass is 9.95. The maximum atomic E-state index is 13.5. The topological polar surface area (TPSA) is 82.6 Å². The van der Waals surface area contributed by atoms with Gasteiger partial charge in [0.2, 0.25) is 5.91 Å². The number of benzene rings is 2. The van der Waals surface area contributed by atoms with Crippen LogP contribution in [0.5, 0.6) is 0 Å². The molecule has 1 fully saturated rings. The van der Waals surface area contributed by atoms with Crippen LogP contribution in [0.25, 0.3) is 0 Å². The van der Waals surface area contributed by atoms with E-state index in [0.29, 0.717) is 24.2 Å². The van der Waals surface area contributed by atoms with Gasteiger partial charge in [0.25, 0.3) is 11.8 Å². The van der Waals surface area contributed by atoms with Gasteiger partial charge in [-0.3, -0.25) is 19.3 Å². The fourth-order valence-electron chi connectivity index (χ4n) is 4.79. The molecule has 2 aromatic carbocycles. The van der Waals surface area contributed by atoms with Crippen molar-refractivity contribution in [1.82, 2.24) is 15.2 Å². The summed E-state index contributed by atoms with van der Waals surface area (Å²) in [6.45, 7) is 3.57. The Labute approximate surface area is 202 Å². The van der Waals surface area contributed by atoms with Crippen molar-refractivity contribution in [1.29, 1.82) is 0 Å². The standard InChI is InChI=1S/C26H26N4O3S/c1-17(24-27-12-14-34-24)30-25(32)20-10-5-11-21(22(20)26(30)33)29-13-6-9-19(16-29)23(31)28-15-18-7-3-2-4-8-18/h2-5,7-8,10-12,14,17,19H,6,9,13,15-16H2,1H3,(H,28,31). The van der Waals surface area contributed by atoms with Crippen molar-refractivity contribution in [3.63, 3.8) is 0 Å². The summed E-state index contributed by atoms with van der Waals surface area (Å²) in [5, 5.41) is 5.61. The molecule has 2 unspecified atom stereocenters. The highest BCUT2D eigenvalue weighted by atomic mass is 32.1. The monoisotopic (exact) mass is 474 g/mol. The molecule has 0 saturated carbocycles. The molecule has 1 N–H and O–H groups in total. The molecule has 7 nitrogen and oxygen atoms in total. The Hall–Kier alpha value is -3.52. The summed E-state index contributed by atoms with van der Waals surface area (Å²) in [7, 11) is 0. The van der Waals surface area contributed by atoms with Crippen LogP contribution in [0.4, 0.5) is 5.69 Å². The minimum absolute atomic E-state index is 0.0163. The molecule has 0 radical (unpaired) electrons. The summed E-state index contributed by atoms with van der Waals surface area (Å²) in [6.07, 6.45) is 3.32. The van der Waals surface area contributed by atoms with E-state index in [1.807, 2.05) is 54.8 Å². The predicted molar refractivity (Wildman–Crippen MR) is 131 cm³/mol. The van der Waals surface area contributed by atoms with E-state index in [1.165, 1.54) is 16.2 Å². The van der Waals surface area contributed by atoms with Gasteiger partial charge in [0.1, 0.15) is 5.01 Å². The summed E-state index contributed by atoms with van der Waals surface area (Å²) in [5.74, 6) is -0.749. The van der Waals surface area contributed by atoms with Gasteiger partial charge < -0.3 is 10.2 Å². The third-order valence-corrected chi connectivity index (χ3v) is 7.51. The van der Waals surface area contributed by atoms with E-state index in [4.69, 9.17) is 0 Å². The van der Waals surface area contributed by atoms with Crippen molar-refractivity contribution in [2.75, 3.05) is 18.0 Å². The first kappa shape index (κ1) is 22.3. The molecular formula is C26H26N4O3S. The number of nitrogens with one attached hydrogen (secondary N) is 1. The van der Waals surface area contributed by atoms with Gasteiger partial charge in [-0.1, -0.05) is 36.4 Å². The summed E-state index contributed by atoms with van der Waals surface area (Å²) in [6, 6.07) is 14.8. The number of carbonyl (C=O) groups excluding carboxylic acids is 3. The molecule has 1 saturated heterocycles. The smallest absolute Gasteiger partial charge is 0.264 e. The van der Waals surface area contributed by atoms with E-state index in [1.54, 1.807) is 12.3 Å². The van der Waals surface area contributed by atoms with E-state index in [-0.39, 0.29) is 23.6 Å². The molecule has 34 heavy (non-hydrogen) atoms. The number of aromatic nitrogens is 1. The van der Waals surface area contributed by atoms with Crippen molar-refractivity contribution in [3.8, 4) is 0 Å². The molecular weight excluding hydrogens is 448 g/mol. The van der Waals surface area contributed by atoms with Gasteiger partial charge in [0, 0.05) is 31.2 Å². The third-order valence-electron chi connectivity index (χ3n) is 6.56. The minimum Gasteiger partial charge on any atom is -0.370 e. The quantitative estimate of drug-likeness (QED) is 0.546. The van der Waals surface area contributed by atoms with E-state index < -0.39 is 6.04 Å². The van der Waals surface area contributed by atoms with Gasteiger partial charge >= 0.3 is 0 Å². The lowest BCUT2D eigenvalue weighted by molar-refractivity contribution is -0.125. The van der Waals surface area contributed by atoms with E-state index in [2.05, 4.69) is 15.2 Å². The SMILES string of the molecule is CC(c1nccs1)N1C(=O)c2cccc(N3CCCC(C(=O)NCc4ccccc4)C3)c2C1=O. The number of fused-ring (bicyclic) bond motifs is 1. The van der Waals surface area contributed by atoms with Gasteiger partial charge in [-0.15, -0.1) is 11.3 Å². The van der Waals surface area contributed by atoms with Crippen LogP contribution in [0.15, 0.2) is 60.1 Å². The number of imide groups is 1. The lowest BCUT2D eigenvalue weighted by Crippen LogP contribution is -2.43. The number of hydrogen-bond acceptors (Lipinski definition) is 6. The van der Waals surface area contributed by atoms with Crippen LogP contribution in [0, 0.1) is 5.92 Å². The van der Waals surface area contributed by atoms with Gasteiger partial charge in [-0.25, -0.2) is 4.98 Å². The molecule has 2 aliphatic heterocycles. The second-order valence-electron chi connectivity index (χ2n) is 8.71. The highest BCUT2D eigenvalue weighted by Crippen LogP contribution is 2.37. The molecule has 3 amide bonds. The molecule has 2 aliphatic rings. The maximum Gasteiger partial charge on any atom is 0.264 e. The van der Waals surface area contributed by atoms with Gasteiger partial charge in [0.05, 0.1) is 28.8 Å². The van der Waals surface area contributed by atoms with Crippen LogP contribution in [-0.4, -0.2) is 40.7 Å². The number of piperidine rings is 1. The third kappa shape index (κ3) is 4.09. The van der Waals surface area contributed by atoms with Crippen LogP contribution in [0.2, 0.25) is 0 Å². The Morgan fingerprint density at radius 3 is 2.74 bits per heavy atom. The highest BCUT2D eigenvalue weighted by Gasteiger charge is 2.42. The molecule has 174 valence electrons. The van der Waals surface area contributed by atoms with Gasteiger partial charge in [0.15, 0.2) is 0 Å². The first-order valence-corrected chi connectivity index (χ1v) is 12.4. The number of hydrogen-bond donors (Lipinski definition) is 1. The number of thiazole rings is 1. The number of nitrogens with zero attached hydrogens (tertiary/aromatic N) is 3. The Bertz CT molecular complexity index is 1210. The first-order valence-electron chi connectivity index (χ1n) is 11.5. The Morgan fingerprint density at radius 2 is 1.97 bits per heavy atom. The molecule has 5 rings (SSSR count). The van der Waals surface area contributed by atoms with E-state index in [0.717, 1.165) is 35.6 Å². The molecule has 0 spiro atoms. The normalized spacial score (nSPS) is 18.7. The average Bonchev–Trinajstić information content (AvgIpc) is 3.50. The number of carbonyl (C=O) groups is 3. The zero-order valence-corrected chi connectivity index (χ0v) is 19.8.